The molecule has 0 spiro atoms. The largest absolute Gasteiger partial charge is 0.472 e. The topological polar surface area (TPSA) is 155 Å². The van der Waals surface area contributed by atoms with Gasteiger partial charge in [-0.3, -0.25) is 23.4 Å². The Kier molecular flexibility index (Phi) is 60.0. The second kappa shape index (κ2) is 62.2. The molecule has 12 heteroatoms. The van der Waals surface area contributed by atoms with Gasteiger partial charge in [0.1, 0.15) is 12.7 Å². The molecule has 0 aliphatic carbocycles. The number of unbranched alkanes of at least 4 members (excludes halogenated alkanes) is 35. The maximum atomic E-state index is 13.0. The summed E-state index contributed by atoms with van der Waals surface area (Å²) in [6.45, 7) is 4.56. The Morgan fingerprint density at radius 3 is 1.01 bits per heavy atom. The number of carbonyl (C=O) groups excluding carboxylic acids is 3. The summed E-state index contributed by atoms with van der Waals surface area (Å²) in [5.74, 6) is -1.48. The predicted octanol–water partition coefficient (Wildman–Crippen LogP) is 20.3. The first-order chi connectivity index (χ1) is 39.2. The van der Waals surface area contributed by atoms with Crippen molar-refractivity contribution in [3.05, 3.63) is 60.8 Å². The Labute approximate surface area is 491 Å². The zero-order valence-electron chi connectivity index (χ0n) is 51.8. The zero-order valence-corrected chi connectivity index (χ0v) is 52.7. The molecule has 0 radical (unpaired) electrons. The van der Waals surface area contributed by atoms with Gasteiger partial charge in [0.25, 0.3) is 0 Å². The summed E-state index contributed by atoms with van der Waals surface area (Å²) in [5, 5.41) is 9.86. The average molecular weight is 1150 g/mol. The molecule has 0 aromatic heterocycles. The standard InChI is InChI=1S/C68H123O11P/c1-4-7-10-13-16-19-22-25-28-31-32-35-38-41-44-47-50-53-56-59-68(72)79-65(61-75-66(70)57-54-51-48-45-42-39-36-33-29-26-23-20-17-14-11-8-5-2)63-77-80(73,74)76-62-64(60-69)78-67(71)58-55-52-49-46-43-40-37-34-30-27-24-21-18-15-12-9-6-3/h8,11,17,20,26-27,29-30,36,39,64-65,69H,4-7,9-10,12-16,18-19,21-25,28,31-35,37-38,40-63H2,1-3H3,(H,73,74)/b11-8-,20-17-,29-26-,30-27-,39-36-. The van der Waals surface area contributed by atoms with Crippen LogP contribution < -0.4 is 0 Å². The lowest BCUT2D eigenvalue weighted by Crippen LogP contribution is -2.30. The van der Waals surface area contributed by atoms with Crippen LogP contribution in [-0.4, -0.2) is 66.5 Å². The molecule has 0 aromatic carbocycles. The average Bonchev–Trinajstić information content (AvgIpc) is 3.45. The molecule has 0 heterocycles. The minimum Gasteiger partial charge on any atom is -0.462 e. The molecule has 0 amide bonds. The lowest BCUT2D eigenvalue weighted by atomic mass is 10.0. The number of phosphoric ester groups is 1. The summed E-state index contributed by atoms with van der Waals surface area (Å²) in [5.41, 5.74) is 0. The second-order valence-corrected chi connectivity index (χ2v) is 23.7. The minimum atomic E-state index is -4.76. The van der Waals surface area contributed by atoms with Gasteiger partial charge in [-0.15, -0.1) is 0 Å². The van der Waals surface area contributed by atoms with Gasteiger partial charge in [0, 0.05) is 19.3 Å². The van der Waals surface area contributed by atoms with Gasteiger partial charge >= 0.3 is 25.7 Å². The monoisotopic (exact) mass is 1150 g/mol. The number of rotatable bonds is 62. The van der Waals surface area contributed by atoms with Gasteiger partial charge in [-0.1, -0.05) is 274 Å². The van der Waals surface area contributed by atoms with Gasteiger partial charge in [-0.05, 0) is 83.5 Å². The molecule has 0 fully saturated rings. The fraction of sp³-hybridized carbons (Fsp3) is 0.809. The number of carbonyl (C=O) groups is 3. The van der Waals surface area contributed by atoms with Gasteiger partial charge in [-0.2, -0.15) is 0 Å². The molecule has 3 unspecified atom stereocenters. The SMILES string of the molecule is CC/C=C\C/C=C\C/C=C\C/C=C\CCCCCCC(=O)OCC(COP(=O)(O)OCC(CO)OC(=O)CCCCCCCCC/C=C\CCCCCCCC)OC(=O)CCCCCCCCCCCCCCCCCCCCC. The Balaban J connectivity index is 4.69. The van der Waals surface area contributed by atoms with E-state index >= 15 is 0 Å². The molecule has 0 aromatic rings. The number of aliphatic hydroxyl groups is 1. The molecule has 80 heavy (non-hydrogen) atoms. The van der Waals surface area contributed by atoms with Gasteiger partial charge in [-0.25, -0.2) is 4.57 Å². The first kappa shape index (κ1) is 77.2. The van der Waals surface area contributed by atoms with Crippen molar-refractivity contribution in [2.45, 2.75) is 328 Å². The summed E-state index contributed by atoms with van der Waals surface area (Å²) >= 11 is 0. The second-order valence-electron chi connectivity index (χ2n) is 22.3. The Hall–Kier alpha value is -2.82. The quantitative estimate of drug-likeness (QED) is 0.0197. The molecular weight excluding hydrogens is 1020 g/mol. The van der Waals surface area contributed by atoms with Crippen molar-refractivity contribution < 1.29 is 52.2 Å². The lowest BCUT2D eigenvalue weighted by molar-refractivity contribution is -0.161. The van der Waals surface area contributed by atoms with E-state index in [0.717, 1.165) is 96.3 Å². The smallest absolute Gasteiger partial charge is 0.462 e. The zero-order chi connectivity index (χ0) is 58.3. The molecular formula is C68H123O11P. The van der Waals surface area contributed by atoms with E-state index in [4.69, 9.17) is 23.3 Å². The highest BCUT2D eigenvalue weighted by Gasteiger charge is 2.28. The first-order valence-corrected chi connectivity index (χ1v) is 34.7. The van der Waals surface area contributed by atoms with Crippen LogP contribution in [0.25, 0.3) is 0 Å². The van der Waals surface area contributed by atoms with Crippen LogP contribution in [-0.2, 0) is 42.2 Å². The molecule has 0 saturated carbocycles. The van der Waals surface area contributed by atoms with Crippen LogP contribution in [0.4, 0.5) is 0 Å². The maximum Gasteiger partial charge on any atom is 0.472 e. The highest BCUT2D eigenvalue weighted by Crippen LogP contribution is 2.43. The molecule has 0 saturated heterocycles. The normalized spacial score (nSPS) is 13.6. The highest BCUT2D eigenvalue weighted by molar-refractivity contribution is 7.47. The van der Waals surface area contributed by atoms with E-state index < -0.39 is 57.8 Å². The maximum absolute atomic E-state index is 13.0. The fourth-order valence-electron chi connectivity index (χ4n) is 9.40. The van der Waals surface area contributed by atoms with E-state index in [9.17, 15) is 28.9 Å². The number of hydrogen-bond acceptors (Lipinski definition) is 10. The number of aliphatic hydroxyl groups excluding tert-OH is 1. The van der Waals surface area contributed by atoms with Crippen LogP contribution in [0.3, 0.4) is 0 Å². The summed E-state index contributed by atoms with van der Waals surface area (Å²) in [6, 6.07) is 0. The van der Waals surface area contributed by atoms with Crippen molar-refractivity contribution in [1.29, 1.82) is 0 Å². The van der Waals surface area contributed by atoms with Crippen LogP contribution in [0, 0.1) is 0 Å². The minimum absolute atomic E-state index is 0.165. The number of phosphoric acid groups is 1. The Morgan fingerprint density at radius 1 is 0.362 bits per heavy atom. The summed E-state index contributed by atoms with van der Waals surface area (Å²) < 4.78 is 39.7. The molecule has 11 nitrogen and oxygen atoms in total. The van der Waals surface area contributed by atoms with Crippen molar-refractivity contribution in [2.75, 3.05) is 26.4 Å². The van der Waals surface area contributed by atoms with Crippen LogP contribution >= 0.6 is 7.82 Å². The van der Waals surface area contributed by atoms with Crippen molar-refractivity contribution in [3.8, 4) is 0 Å². The number of allylic oxidation sites excluding steroid dienone is 10. The highest BCUT2D eigenvalue weighted by atomic mass is 31.2. The van der Waals surface area contributed by atoms with Crippen LogP contribution in [0.15, 0.2) is 60.8 Å². The third kappa shape index (κ3) is 59.8. The first-order valence-electron chi connectivity index (χ1n) is 33.2. The predicted molar refractivity (Wildman–Crippen MR) is 335 cm³/mol. The Bertz CT molecular complexity index is 1570. The van der Waals surface area contributed by atoms with Gasteiger partial charge in [0.15, 0.2) is 6.10 Å². The number of esters is 3. The van der Waals surface area contributed by atoms with Crippen molar-refractivity contribution in [1.82, 2.24) is 0 Å². The van der Waals surface area contributed by atoms with Crippen LogP contribution in [0.5, 0.6) is 0 Å². The van der Waals surface area contributed by atoms with Gasteiger partial charge < -0.3 is 24.2 Å². The van der Waals surface area contributed by atoms with E-state index in [0.29, 0.717) is 19.3 Å². The third-order valence-electron chi connectivity index (χ3n) is 14.4. The van der Waals surface area contributed by atoms with E-state index in [1.165, 1.54) is 161 Å². The molecule has 466 valence electrons. The molecule has 0 aliphatic heterocycles. The van der Waals surface area contributed by atoms with E-state index in [1.54, 1.807) is 0 Å². The number of hydrogen-bond donors (Lipinski definition) is 2. The van der Waals surface area contributed by atoms with Crippen LogP contribution in [0.1, 0.15) is 316 Å². The van der Waals surface area contributed by atoms with Gasteiger partial charge in [0.05, 0.1) is 19.8 Å². The fourth-order valence-corrected chi connectivity index (χ4v) is 10.2. The van der Waals surface area contributed by atoms with Crippen molar-refractivity contribution >= 4 is 25.7 Å². The third-order valence-corrected chi connectivity index (χ3v) is 15.4. The molecule has 0 bridgehead atoms. The summed E-state index contributed by atoms with van der Waals surface area (Å²) in [6.07, 6.45) is 70.3. The van der Waals surface area contributed by atoms with Crippen molar-refractivity contribution in [2.24, 2.45) is 0 Å². The van der Waals surface area contributed by atoms with Crippen LogP contribution in [0.2, 0.25) is 0 Å². The molecule has 0 aliphatic rings. The lowest BCUT2D eigenvalue weighted by Gasteiger charge is -2.21. The van der Waals surface area contributed by atoms with E-state index in [1.807, 2.05) is 0 Å². The van der Waals surface area contributed by atoms with E-state index in [-0.39, 0.29) is 25.9 Å². The molecule has 3 atom stereocenters. The summed E-state index contributed by atoms with van der Waals surface area (Å²) in [7, 11) is -4.76. The Morgan fingerprint density at radius 2 is 0.650 bits per heavy atom. The molecule has 0 rings (SSSR count). The van der Waals surface area contributed by atoms with Crippen molar-refractivity contribution in [3.63, 3.8) is 0 Å². The summed E-state index contributed by atoms with van der Waals surface area (Å²) in [4.78, 5) is 48.8. The molecule has 2 N–H and O–H groups in total. The van der Waals surface area contributed by atoms with E-state index in [2.05, 4.69) is 81.5 Å². The van der Waals surface area contributed by atoms with Gasteiger partial charge in [0.2, 0.25) is 0 Å². The number of ether oxygens (including phenoxy) is 3.